The standard InChI is InChI=1S/C22H20N2O4S/c1-2-26-17-10-11-19-20(13-17)29-22(23-19)24(14-18-9-6-12-27-18)21(25)15-28-16-7-4-3-5-8-16/h3-13H,2,14-15H2,1H3. The number of furan rings is 1. The maximum absolute atomic E-state index is 13.0. The summed E-state index contributed by atoms with van der Waals surface area (Å²) in [5.74, 6) is 1.90. The first kappa shape index (κ1) is 19.0. The predicted molar refractivity (Wildman–Crippen MR) is 113 cm³/mol. The van der Waals surface area contributed by atoms with Crippen LogP contribution in [0.15, 0.2) is 71.3 Å². The van der Waals surface area contributed by atoms with Gasteiger partial charge < -0.3 is 13.9 Å². The number of carbonyl (C=O) groups is 1. The molecule has 0 saturated carbocycles. The second-order valence-corrected chi connectivity index (χ2v) is 7.23. The summed E-state index contributed by atoms with van der Waals surface area (Å²) >= 11 is 1.43. The number of aromatic nitrogens is 1. The highest BCUT2D eigenvalue weighted by atomic mass is 32.1. The highest BCUT2D eigenvalue weighted by Crippen LogP contribution is 2.32. The molecular formula is C22H20N2O4S. The molecule has 2 aromatic carbocycles. The molecule has 0 N–H and O–H groups in total. The van der Waals surface area contributed by atoms with Gasteiger partial charge in [-0.25, -0.2) is 4.98 Å². The van der Waals surface area contributed by atoms with Gasteiger partial charge in [0, 0.05) is 0 Å². The van der Waals surface area contributed by atoms with Crippen LogP contribution in [0.2, 0.25) is 0 Å². The van der Waals surface area contributed by atoms with Gasteiger partial charge in [0.2, 0.25) is 0 Å². The van der Waals surface area contributed by atoms with Crippen LogP contribution < -0.4 is 14.4 Å². The predicted octanol–water partition coefficient (Wildman–Crippen LogP) is 4.90. The number of hydrogen-bond acceptors (Lipinski definition) is 6. The Kier molecular flexibility index (Phi) is 5.76. The van der Waals surface area contributed by atoms with Gasteiger partial charge in [0.05, 0.1) is 29.6 Å². The Morgan fingerprint density at radius 3 is 2.69 bits per heavy atom. The van der Waals surface area contributed by atoms with Gasteiger partial charge in [-0.2, -0.15) is 0 Å². The Morgan fingerprint density at radius 1 is 1.07 bits per heavy atom. The molecule has 0 radical (unpaired) electrons. The van der Waals surface area contributed by atoms with Crippen LogP contribution in [0.3, 0.4) is 0 Å². The minimum atomic E-state index is -0.200. The fourth-order valence-electron chi connectivity index (χ4n) is 2.83. The number of thiazole rings is 1. The van der Waals surface area contributed by atoms with E-state index in [9.17, 15) is 4.79 Å². The molecule has 2 heterocycles. The van der Waals surface area contributed by atoms with Crippen molar-refractivity contribution in [1.29, 1.82) is 0 Å². The van der Waals surface area contributed by atoms with Gasteiger partial charge in [-0.15, -0.1) is 0 Å². The molecule has 7 heteroatoms. The normalized spacial score (nSPS) is 10.8. The van der Waals surface area contributed by atoms with E-state index in [4.69, 9.17) is 13.9 Å². The minimum absolute atomic E-state index is 0.0924. The molecule has 4 aromatic rings. The summed E-state index contributed by atoms with van der Waals surface area (Å²) in [6.07, 6.45) is 1.59. The smallest absolute Gasteiger partial charge is 0.267 e. The zero-order valence-corrected chi connectivity index (χ0v) is 16.7. The lowest BCUT2D eigenvalue weighted by Crippen LogP contribution is -2.34. The number of carbonyl (C=O) groups excluding carboxylic acids is 1. The quantitative estimate of drug-likeness (QED) is 0.415. The fourth-order valence-corrected chi connectivity index (χ4v) is 3.84. The molecule has 0 atom stereocenters. The largest absolute Gasteiger partial charge is 0.494 e. The first-order chi connectivity index (χ1) is 14.2. The first-order valence-electron chi connectivity index (χ1n) is 9.27. The maximum Gasteiger partial charge on any atom is 0.267 e. The number of rotatable bonds is 8. The lowest BCUT2D eigenvalue weighted by atomic mass is 10.3. The van der Waals surface area contributed by atoms with E-state index in [2.05, 4.69) is 4.98 Å². The Hall–Kier alpha value is -3.32. The van der Waals surface area contributed by atoms with Crippen molar-refractivity contribution in [3.05, 3.63) is 72.7 Å². The van der Waals surface area contributed by atoms with Crippen molar-refractivity contribution in [2.75, 3.05) is 18.1 Å². The fraction of sp³-hybridized carbons (Fsp3) is 0.182. The third-order valence-electron chi connectivity index (χ3n) is 4.19. The molecule has 148 valence electrons. The van der Waals surface area contributed by atoms with Crippen molar-refractivity contribution >= 4 is 32.6 Å². The number of nitrogens with zero attached hydrogens (tertiary/aromatic N) is 2. The first-order valence-corrected chi connectivity index (χ1v) is 10.1. The second-order valence-electron chi connectivity index (χ2n) is 6.22. The summed E-state index contributed by atoms with van der Waals surface area (Å²) < 4.78 is 17.6. The van der Waals surface area contributed by atoms with Crippen LogP contribution >= 0.6 is 11.3 Å². The van der Waals surface area contributed by atoms with Gasteiger partial charge in [-0.1, -0.05) is 29.5 Å². The van der Waals surface area contributed by atoms with Crippen LogP contribution in [0, 0.1) is 0 Å². The van der Waals surface area contributed by atoms with Crippen molar-refractivity contribution < 1.29 is 18.7 Å². The van der Waals surface area contributed by atoms with Crippen LogP contribution in [0.5, 0.6) is 11.5 Å². The number of hydrogen-bond donors (Lipinski definition) is 0. The third-order valence-corrected chi connectivity index (χ3v) is 5.23. The summed E-state index contributed by atoms with van der Waals surface area (Å²) in [7, 11) is 0. The second kappa shape index (κ2) is 8.79. The van der Waals surface area contributed by atoms with Crippen molar-refractivity contribution in [3.63, 3.8) is 0 Å². The van der Waals surface area contributed by atoms with Gasteiger partial charge in [-0.05, 0) is 49.4 Å². The zero-order valence-electron chi connectivity index (χ0n) is 15.9. The zero-order chi connectivity index (χ0) is 20.1. The third kappa shape index (κ3) is 4.57. The van der Waals surface area contributed by atoms with E-state index < -0.39 is 0 Å². The maximum atomic E-state index is 13.0. The molecule has 0 aliphatic rings. The Morgan fingerprint density at radius 2 is 1.93 bits per heavy atom. The summed E-state index contributed by atoms with van der Waals surface area (Å²) in [6, 6.07) is 18.6. The molecule has 0 saturated heterocycles. The van der Waals surface area contributed by atoms with Crippen LogP contribution in [-0.4, -0.2) is 24.1 Å². The van der Waals surface area contributed by atoms with Crippen molar-refractivity contribution in [1.82, 2.24) is 4.98 Å². The Labute approximate surface area is 172 Å². The van der Waals surface area contributed by atoms with Crippen molar-refractivity contribution in [2.45, 2.75) is 13.5 Å². The van der Waals surface area contributed by atoms with Crippen LogP contribution in [0.1, 0.15) is 12.7 Å². The number of ether oxygens (including phenoxy) is 2. The highest BCUT2D eigenvalue weighted by Gasteiger charge is 2.22. The molecular weight excluding hydrogens is 388 g/mol. The Bertz CT molecular complexity index is 1080. The average molecular weight is 408 g/mol. The van der Waals surface area contributed by atoms with Crippen LogP contribution in [-0.2, 0) is 11.3 Å². The monoisotopic (exact) mass is 408 g/mol. The molecule has 0 aliphatic carbocycles. The molecule has 0 fully saturated rings. The van der Waals surface area contributed by atoms with Gasteiger partial charge in [0.15, 0.2) is 11.7 Å². The molecule has 4 rings (SSSR count). The lowest BCUT2D eigenvalue weighted by molar-refractivity contribution is -0.120. The van der Waals surface area contributed by atoms with Gasteiger partial charge in [-0.3, -0.25) is 9.69 Å². The van der Waals surface area contributed by atoms with Crippen molar-refractivity contribution in [2.24, 2.45) is 0 Å². The molecule has 29 heavy (non-hydrogen) atoms. The topological polar surface area (TPSA) is 64.8 Å². The lowest BCUT2D eigenvalue weighted by Gasteiger charge is -2.19. The summed E-state index contributed by atoms with van der Waals surface area (Å²) in [6.45, 7) is 2.73. The summed E-state index contributed by atoms with van der Waals surface area (Å²) in [5, 5.41) is 0.590. The van der Waals surface area contributed by atoms with Gasteiger partial charge in [0.25, 0.3) is 5.91 Å². The van der Waals surface area contributed by atoms with E-state index in [1.165, 1.54) is 11.3 Å². The van der Waals surface area contributed by atoms with Crippen LogP contribution in [0.25, 0.3) is 10.2 Å². The SMILES string of the molecule is CCOc1ccc2nc(N(Cc3ccco3)C(=O)COc3ccccc3)sc2c1. The van der Waals surface area contributed by atoms with Crippen molar-refractivity contribution in [3.8, 4) is 11.5 Å². The minimum Gasteiger partial charge on any atom is -0.494 e. The average Bonchev–Trinajstić information content (AvgIpc) is 3.40. The van der Waals surface area contributed by atoms with E-state index in [1.807, 2.05) is 61.5 Å². The van der Waals surface area contributed by atoms with E-state index >= 15 is 0 Å². The van der Waals surface area contributed by atoms with E-state index in [0.29, 0.717) is 23.2 Å². The summed E-state index contributed by atoms with van der Waals surface area (Å²) in [4.78, 5) is 19.2. The molecule has 6 nitrogen and oxygen atoms in total. The molecule has 1 amide bonds. The van der Waals surface area contributed by atoms with E-state index in [-0.39, 0.29) is 19.1 Å². The number of anilines is 1. The number of para-hydroxylation sites is 1. The Balaban J connectivity index is 1.59. The van der Waals surface area contributed by atoms with Crippen LogP contribution in [0.4, 0.5) is 5.13 Å². The number of fused-ring (bicyclic) bond motifs is 1. The molecule has 0 aliphatic heterocycles. The van der Waals surface area contributed by atoms with Gasteiger partial charge in [0.1, 0.15) is 17.3 Å². The molecule has 0 spiro atoms. The molecule has 0 unspecified atom stereocenters. The molecule has 2 aromatic heterocycles. The summed E-state index contributed by atoms with van der Waals surface area (Å²) in [5.41, 5.74) is 0.815. The van der Waals surface area contributed by atoms with Gasteiger partial charge >= 0.3 is 0 Å². The van der Waals surface area contributed by atoms with E-state index in [1.54, 1.807) is 17.2 Å². The van der Waals surface area contributed by atoms with E-state index in [0.717, 1.165) is 16.0 Å². The number of amides is 1. The highest BCUT2D eigenvalue weighted by molar-refractivity contribution is 7.22. The molecule has 0 bridgehead atoms. The number of benzene rings is 2.